The molecule has 0 atom stereocenters. The zero-order valence-electron chi connectivity index (χ0n) is 20.0. The third kappa shape index (κ3) is 5.87. The Morgan fingerprint density at radius 3 is 2.70 bits per heavy atom. The zero-order valence-corrected chi connectivity index (χ0v) is 21.6. The molecule has 1 fully saturated rings. The third-order valence-corrected chi connectivity index (χ3v) is 9.64. The van der Waals surface area contributed by atoms with Crippen LogP contribution >= 0.6 is 11.8 Å². The van der Waals surface area contributed by atoms with Crippen molar-refractivity contribution < 1.29 is 13.2 Å². The van der Waals surface area contributed by atoms with Gasteiger partial charge in [-0.3, -0.25) is 0 Å². The number of ether oxygens (including phenoxy) is 1. The molecule has 0 spiro atoms. The lowest BCUT2D eigenvalue weighted by Gasteiger charge is -2.33. The summed E-state index contributed by atoms with van der Waals surface area (Å²) >= 11 is 1.75. The molecular weight excluding hydrogens is 452 g/mol. The van der Waals surface area contributed by atoms with E-state index in [1.54, 1.807) is 30.0 Å². The van der Waals surface area contributed by atoms with Gasteiger partial charge in [0.05, 0.1) is 11.5 Å². The Hall–Kier alpha value is -1.70. The molecule has 0 aromatic heterocycles. The minimum atomic E-state index is -3.68. The summed E-state index contributed by atoms with van der Waals surface area (Å²) in [5.41, 5.74) is 1.88. The molecule has 2 aliphatic heterocycles. The first-order valence-corrected chi connectivity index (χ1v) is 14.5. The smallest absolute Gasteiger partial charge is 0.210 e. The van der Waals surface area contributed by atoms with E-state index in [-0.39, 0.29) is 4.90 Å². The molecule has 0 radical (unpaired) electrons. The minimum absolute atomic E-state index is 0.245. The highest BCUT2D eigenvalue weighted by Crippen LogP contribution is 2.36. The van der Waals surface area contributed by atoms with Gasteiger partial charge in [0.2, 0.25) is 9.84 Å². The van der Waals surface area contributed by atoms with Crippen LogP contribution in [-0.4, -0.2) is 51.9 Å². The van der Waals surface area contributed by atoms with Crippen molar-refractivity contribution in [3.63, 3.8) is 0 Å². The average molecular weight is 489 g/mol. The van der Waals surface area contributed by atoms with E-state index in [1.165, 1.54) is 12.8 Å². The van der Waals surface area contributed by atoms with Crippen LogP contribution in [0, 0.1) is 18.8 Å². The first-order chi connectivity index (χ1) is 15.8. The molecular formula is C26H36N2O3S2. The number of hydrogen-bond acceptors (Lipinski definition) is 6. The highest BCUT2D eigenvalue weighted by molar-refractivity contribution is 7.99. The summed E-state index contributed by atoms with van der Waals surface area (Å²) in [6, 6.07) is 10.7. The minimum Gasteiger partial charge on any atom is -0.492 e. The lowest BCUT2D eigenvalue weighted by Crippen LogP contribution is -2.36. The lowest BCUT2D eigenvalue weighted by molar-refractivity contribution is 0.148. The molecule has 1 saturated heterocycles. The second-order valence-corrected chi connectivity index (χ2v) is 12.6. The standard InChI is InChI=1S/C26H36N2O3S2/c1-19(2)21-9-13-28(14-10-21)12-4-15-31-24-17-20(3)5-8-26(24)33(29,30)22-6-7-25-23(18-22)27-11-16-32-25/h5-8,17-19,21,27H,4,9-16H2,1-3H3. The summed E-state index contributed by atoms with van der Waals surface area (Å²) in [5, 5.41) is 3.31. The maximum Gasteiger partial charge on any atom is 0.210 e. The number of benzene rings is 2. The molecule has 0 bridgehead atoms. The van der Waals surface area contributed by atoms with Gasteiger partial charge in [0.1, 0.15) is 10.6 Å². The summed E-state index contributed by atoms with van der Waals surface area (Å²) in [7, 11) is -3.68. The van der Waals surface area contributed by atoms with Crippen molar-refractivity contribution in [2.45, 2.75) is 54.7 Å². The number of nitrogens with zero attached hydrogens (tertiary/aromatic N) is 1. The predicted molar refractivity (Wildman–Crippen MR) is 136 cm³/mol. The van der Waals surface area contributed by atoms with Crippen LogP contribution < -0.4 is 10.1 Å². The number of anilines is 1. The molecule has 0 saturated carbocycles. The summed E-state index contributed by atoms with van der Waals surface area (Å²) in [6.07, 6.45) is 3.43. The van der Waals surface area contributed by atoms with E-state index < -0.39 is 9.84 Å². The van der Waals surface area contributed by atoms with Crippen molar-refractivity contribution in [2.24, 2.45) is 11.8 Å². The number of thioether (sulfide) groups is 1. The Bertz CT molecular complexity index is 1060. The van der Waals surface area contributed by atoms with Crippen molar-refractivity contribution in [3.8, 4) is 5.75 Å². The van der Waals surface area contributed by atoms with E-state index in [1.807, 2.05) is 25.1 Å². The highest BCUT2D eigenvalue weighted by Gasteiger charge is 2.25. The monoisotopic (exact) mass is 488 g/mol. The molecule has 1 N–H and O–H groups in total. The SMILES string of the molecule is Cc1ccc(S(=O)(=O)c2ccc3c(c2)NCCS3)c(OCCCN2CCC(C(C)C)CC2)c1. The highest BCUT2D eigenvalue weighted by atomic mass is 32.2. The van der Waals surface area contributed by atoms with E-state index in [0.29, 0.717) is 17.3 Å². The number of piperidine rings is 1. The molecule has 2 aliphatic rings. The summed E-state index contributed by atoms with van der Waals surface area (Å²) in [5.74, 6) is 3.05. The van der Waals surface area contributed by atoms with Crippen molar-refractivity contribution in [3.05, 3.63) is 42.0 Å². The Morgan fingerprint density at radius 2 is 1.94 bits per heavy atom. The summed E-state index contributed by atoms with van der Waals surface area (Å²) in [4.78, 5) is 4.15. The van der Waals surface area contributed by atoms with Gasteiger partial charge in [0.15, 0.2) is 0 Å². The van der Waals surface area contributed by atoms with Crippen molar-refractivity contribution in [1.29, 1.82) is 0 Å². The molecule has 0 amide bonds. The van der Waals surface area contributed by atoms with E-state index in [4.69, 9.17) is 4.74 Å². The van der Waals surface area contributed by atoms with Gasteiger partial charge in [0, 0.05) is 29.4 Å². The van der Waals surface area contributed by atoms with Gasteiger partial charge in [0.25, 0.3) is 0 Å². The van der Waals surface area contributed by atoms with Gasteiger partial charge in [-0.05, 0) is 87.0 Å². The number of hydrogen-bond donors (Lipinski definition) is 1. The fourth-order valence-corrected chi connectivity index (χ4v) is 6.96. The number of sulfone groups is 1. The molecule has 180 valence electrons. The van der Waals surface area contributed by atoms with Crippen molar-refractivity contribution in [2.75, 3.05) is 43.9 Å². The van der Waals surface area contributed by atoms with Crippen LogP contribution in [0.15, 0.2) is 51.1 Å². The number of fused-ring (bicyclic) bond motifs is 1. The first kappa shape index (κ1) is 24.4. The van der Waals surface area contributed by atoms with Gasteiger partial charge in [-0.15, -0.1) is 11.8 Å². The van der Waals surface area contributed by atoms with E-state index in [0.717, 1.165) is 66.3 Å². The molecule has 2 aromatic rings. The molecule has 0 aliphatic carbocycles. The summed E-state index contributed by atoms with van der Waals surface area (Å²) < 4.78 is 33.1. The van der Waals surface area contributed by atoms with E-state index in [9.17, 15) is 8.42 Å². The quantitative estimate of drug-likeness (QED) is 0.497. The third-order valence-electron chi connectivity index (χ3n) is 6.78. The normalized spacial score (nSPS) is 17.6. The number of likely N-dealkylation sites (tertiary alicyclic amines) is 1. The lowest BCUT2D eigenvalue weighted by atomic mass is 9.87. The molecule has 2 aromatic carbocycles. The zero-order chi connectivity index (χ0) is 23.4. The van der Waals surface area contributed by atoms with Crippen LogP contribution in [-0.2, 0) is 9.84 Å². The van der Waals surface area contributed by atoms with Gasteiger partial charge in [-0.1, -0.05) is 19.9 Å². The summed E-state index contributed by atoms with van der Waals surface area (Å²) in [6.45, 7) is 11.3. The van der Waals surface area contributed by atoms with Crippen LogP contribution in [0.2, 0.25) is 0 Å². The largest absolute Gasteiger partial charge is 0.492 e. The predicted octanol–water partition coefficient (Wildman–Crippen LogP) is 5.48. The molecule has 0 unspecified atom stereocenters. The second kappa shape index (κ2) is 10.7. The number of nitrogens with one attached hydrogen (secondary N) is 1. The molecule has 33 heavy (non-hydrogen) atoms. The fourth-order valence-electron chi connectivity index (χ4n) is 4.68. The maximum atomic E-state index is 13.5. The Kier molecular flexibility index (Phi) is 7.92. The van der Waals surface area contributed by atoms with Crippen LogP contribution in [0.1, 0.15) is 38.7 Å². The van der Waals surface area contributed by atoms with Crippen molar-refractivity contribution in [1.82, 2.24) is 4.90 Å². The van der Waals surface area contributed by atoms with Crippen molar-refractivity contribution >= 4 is 27.3 Å². The average Bonchev–Trinajstić information content (AvgIpc) is 2.81. The van der Waals surface area contributed by atoms with Gasteiger partial charge >= 0.3 is 0 Å². The Morgan fingerprint density at radius 1 is 1.15 bits per heavy atom. The van der Waals surface area contributed by atoms with E-state index >= 15 is 0 Å². The molecule has 7 heteroatoms. The van der Waals surface area contributed by atoms with Crippen LogP contribution in [0.5, 0.6) is 5.75 Å². The van der Waals surface area contributed by atoms with Gasteiger partial charge in [-0.2, -0.15) is 0 Å². The van der Waals surface area contributed by atoms with E-state index in [2.05, 4.69) is 24.1 Å². The fraction of sp³-hybridized carbons (Fsp3) is 0.538. The van der Waals surface area contributed by atoms with Crippen LogP contribution in [0.3, 0.4) is 0 Å². The molecule has 2 heterocycles. The topological polar surface area (TPSA) is 58.6 Å². The number of aryl methyl sites for hydroxylation is 1. The van der Waals surface area contributed by atoms with Crippen LogP contribution in [0.4, 0.5) is 5.69 Å². The van der Waals surface area contributed by atoms with Gasteiger partial charge in [-0.25, -0.2) is 8.42 Å². The maximum absolute atomic E-state index is 13.5. The Labute approximate surface area is 203 Å². The Balaban J connectivity index is 1.41. The number of rotatable bonds is 8. The first-order valence-electron chi connectivity index (χ1n) is 12.1. The second-order valence-electron chi connectivity index (χ2n) is 9.51. The molecule has 5 nitrogen and oxygen atoms in total. The molecule has 4 rings (SSSR count). The van der Waals surface area contributed by atoms with Crippen LogP contribution in [0.25, 0.3) is 0 Å². The van der Waals surface area contributed by atoms with Gasteiger partial charge < -0.3 is 15.0 Å².